The zero-order valence-corrected chi connectivity index (χ0v) is 18.1. The third-order valence-corrected chi connectivity index (χ3v) is 5.51. The van der Waals surface area contributed by atoms with Gasteiger partial charge >= 0.3 is 6.18 Å². The van der Waals surface area contributed by atoms with Crippen molar-refractivity contribution in [1.29, 1.82) is 5.26 Å². The highest BCUT2D eigenvalue weighted by molar-refractivity contribution is 6.05. The molecule has 178 valence electrons. The monoisotopic (exact) mass is 490 g/mol. The molecule has 0 fully saturated rings. The van der Waals surface area contributed by atoms with E-state index in [4.69, 9.17) is 5.73 Å². The van der Waals surface area contributed by atoms with Crippen LogP contribution in [-0.2, 0) is 6.18 Å². The molecule has 2 aromatic heterocycles. The number of para-hydroxylation sites is 2. The number of halogens is 4. The molecule has 7 nitrogen and oxygen atoms in total. The van der Waals surface area contributed by atoms with Gasteiger partial charge in [-0.25, -0.2) is 14.4 Å². The molecule has 0 bridgehead atoms. The van der Waals surface area contributed by atoms with Gasteiger partial charge in [-0.2, -0.15) is 18.4 Å². The number of nitrogens with zero attached hydrogens (tertiary/aromatic N) is 4. The van der Waals surface area contributed by atoms with E-state index in [0.717, 1.165) is 24.3 Å². The first-order valence-corrected chi connectivity index (χ1v) is 10.4. The number of fused-ring (bicyclic) bond motifs is 2. The van der Waals surface area contributed by atoms with E-state index in [-0.39, 0.29) is 39.5 Å². The largest absolute Gasteiger partial charge is 0.416 e. The highest BCUT2D eigenvalue weighted by Gasteiger charge is 2.30. The van der Waals surface area contributed by atoms with E-state index < -0.39 is 23.5 Å². The van der Waals surface area contributed by atoms with E-state index in [1.165, 1.54) is 22.8 Å². The number of carbonyl (C=O) groups is 1. The van der Waals surface area contributed by atoms with Gasteiger partial charge in [0.2, 0.25) is 0 Å². The molecule has 0 aliphatic carbocycles. The van der Waals surface area contributed by atoms with Gasteiger partial charge in [-0.15, -0.1) is 0 Å². The van der Waals surface area contributed by atoms with Crippen LogP contribution in [0.25, 0.3) is 27.9 Å². The lowest BCUT2D eigenvalue weighted by atomic mass is 10.1. The van der Waals surface area contributed by atoms with Gasteiger partial charge in [-0.1, -0.05) is 18.2 Å². The number of nitrogen functional groups attached to an aromatic ring is 1. The van der Waals surface area contributed by atoms with Crippen molar-refractivity contribution >= 4 is 39.6 Å². The zero-order chi connectivity index (χ0) is 25.6. The fraction of sp³-hybridized carbons (Fsp3) is 0.0400. The second-order valence-corrected chi connectivity index (χ2v) is 7.79. The van der Waals surface area contributed by atoms with Crippen molar-refractivity contribution in [2.75, 3.05) is 11.1 Å². The molecule has 2 heterocycles. The molecule has 0 atom stereocenters. The van der Waals surface area contributed by atoms with Crippen LogP contribution in [0.5, 0.6) is 0 Å². The SMILES string of the molecule is N#Cc1c(N)n(-c2cc(C(=O)Nc3cccc(C(F)(F)F)c3)ccc2F)c2nc3ccccc3nc12. The molecule has 0 spiro atoms. The average molecular weight is 490 g/mol. The topological polar surface area (TPSA) is 110 Å². The summed E-state index contributed by atoms with van der Waals surface area (Å²) < 4.78 is 55.2. The Kier molecular flexibility index (Phi) is 5.29. The van der Waals surface area contributed by atoms with Crippen molar-refractivity contribution in [3.63, 3.8) is 0 Å². The number of rotatable bonds is 3. The van der Waals surface area contributed by atoms with Gasteiger partial charge in [0.15, 0.2) is 5.65 Å². The minimum Gasteiger partial charge on any atom is -0.384 e. The smallest absolute Gasteiger partial charge is 0.384 e. The molecule has 36 heavy (non-hydrogen) atoms. The van der Waals surface area contributed by atoms with Gasteiger partial charge < -0.3 is 11.1 Å². The third kappa shape index (κ3) is 3.84. The van der Waals surface area contributed by atoms with Gasteiger partial charge in [0.25, 0.3) is 5.91 Å². The first kappa shape index (κ1) is 22.8. The van der Waals surface area contributed by atoms with E-state index in [1.54, 1.807) is 24.3 Å². The normalized spacial score (nSPS) is 11.5. The van der Waals surface area contributed by atoms with Gasteiger partial charge in [-0.3, -0.25) is 9.36 Å². The standard InChI is InChI=1S/C25H14F4N6O/c26-17-9-8-13(24(36)32-15-5-3-4-14(11-15)25(27,28)29)10-20(17)35-22(31)16(12-30)21-23(35)34-19-7-2-1-6-18(19)33-21/h1-11H,31H2,(H,32,36). The van der Waals surface area contributed by atoms with Crippen molar-refractivity contribution < 1.29 is 22.4 Å². The number of benzene rings is 3. The highest BCUT2D eigenvalue weighted by Crippen LogP contribution is 2.33. The number of anilines is 2. The van der Waals surface area contributed by atoms with Crippen LogP contribution in [-0.4, -0.2) is 20.4 Å². The van der Waals surface area contributed by atoms with E-state index in [0.29, 0.717) is 11.0 Å². The fourth-order valence-electron chi connectivity index (χ4n) is 3.82. The maximum absolute atomic E-state index is 15.0. The number of nitrogens with two attached hydrogens (primary N) is 1. The predicted octanol–water partition coefficient (Wildman–Crippen LogP) is 5.44. The summed E-state index contributed by atoms with van der Waals surface area (Å²) >= 11 is 0. The Morgan fingerprint density at radius 2 is 1.72 bits per heavy atom. The summed E-state index contributed by atoms with van der Waals surface area (Å²) in [6.45, 7) is 0. The Bertz CT molecular complexity index is 1720. The number of amides is 1. The molecule has 0 unspecified atom stereocenters. The van der Waals surface area contributed by atoms with Crippen LogP contribution >= 0.6 is 0 Å². The van der Waals surface area contributed by atoms with Crippen molar-refractivity contribution in [2.45, 2.75) is 6.18 Å². The summed E-state index contributed by atoms with van der Waals surface area (Å²) in [4.78, 5) is 21.8. The maximum Gasteiger partial charge on any atom is 0.416 e. The zero-order valence-electron chi connectivity index (χ0n) is 18.1. The summed E-state index contributed by atoms with van der Waals surface area (Å²) in [5, 5.41) is 12.0. The van der Waals surface area contributed by atoms with Crippen LogP contribution in [0.1, 0.15) is 21.5 Å². The lowest BCUT2D eigenvalue weighted by molar-refractivity contribution is -0.137. The van der Waals surface area contributed by atoms with E-state index in [2.05, 4.69) is 15.3 Å². The summed E-state index contributed by atoms with van der Waals surface area (Å²) in [5.74, 6) is -1.67. The van der Waals surface area contributed by atoms with Gasteiger partial charge in [0.1, 0.15) is 28.8 Å². The van der Waals surface area contributed by atoms with Crippen LogP contribution in [0, 0.1) is 17.1 Å². The number of hydrogen-bond acceptors (Lipinski definition) is 5. The first-order chi connectivity index (χ1) is 17.2. The number of alkyl halides is 3. The van der Waals surface area contributed by atoms with Gasteiger partial charge in [0, 0.05) is 11.3 Å². The van der Waals surface area contributed by atoms with Gasteiger partial charge in [-0.05, 0) is 48.5 Å². The molecule has 0 saturated heterocycles. The third-order valence-electron chi connectivity index (χ3n) is 5.51. The molecule has 0 aliphatic rings. The first-order valence-electron chi connectivity index (χ1n) is 10.4. The van der Waals surface area contributed by atoms with Crippen molar-refractivity contribution in [3.8, 4) is 11.8 Å². The molecule has 1 amide bonds. The lowest BCUT2D eigenvalue weighted by Gasteiger charge is -2.12. The Labute approximate surface area is 200 Å². The number of hydrogen-bond donors (Lipinski definition) is 2. The van der Waals surface area contributed by atoms with Crippen LogP contribution in [0.15, 0.2) is 66.7 Å². The van der Waals surface area contributed by atoms with E-state index in [9.17, 15) is 23.2 Å². The Balaban J connectivity index is 1.61. The summed E-state index contributed by atoms with van der Waals surface area (Å²) in [6, 6.07) is 16.3. The van der Waals surface area contributed by atoms with Crippen molar-refractivity contribution in [3.05, 3.63) is 89.2 Å². The molecular weight excluding hydrogens is 476 g/mol. The Morgan fingerprint density at radius 1 is 1.00 bits per heavy atom. The summed E-state index contributed by atoms with van der Waals surface area (Å²) in [7, 11) is 0. The molecular formula is C25H14F4N6O. The molecule has 11 heteroatoms. The fourth-order valence-corrected chi connectivity index (χ4v) is 3.82. The second kappa shape index (κ2) is 8.35. The minimum absolute atomic E-state index is 0.0125. The average Bonchev–Trinajstić information content (AvgIpc) is 3.12. The summed E-state index contributed by atoms with van der Waals surface area (Å²) in [6.07, 6.45) is -4.58. The lowest BCUT2D eigenvalue weighted by Crippen LogP contribution is -2.14. The molecule has 5 aromatic rings. The molecule has 5 rings (SSSR count). The van der Waals surface area contributed by atoms with Crippen LogP contribution < -0.4 is 11.1 Å². The van der Waals surface area contributed by atoms with Crippen molar-refractivity contribution in [1.82, 2.24) is 14.5 Å². The van der Waals surface area contributed by atoms with Crippen LogP contribution in [0.2, 0.25) is 0 Å². The highest BCUT2D eigenvalue weighted by atomic mass is 19.4. The second-order valence-electron chi connectivity index (χ2n) is 7.79. The predicted molar refractivity (Wildman–Crippen MR) is 125 cm³/mol. The molecule has 3 aromatic carbocycles. The van der Waals surface area contributed by atoms with Crippen LogP contribution in [0.3, 0.4) is 0 Å². The molecule has 0 aliphatic heterocycles. The number of nitrogens with one attached hydrogen (secondary N) is 1. The molecule has 0 saturated carbocycles. The van der Waals surface area contributed by atoms with Crippen molar-refractivity contribution in [2.24, 2.45) is 0 Å². The summed E-state index contributed by atoms with van der Waals surface area (Å²) in [5.41, 5.74) is 6.17. The quantitative estimate of drug-likeness (QED) is 0.328. The number of aromatic nitrogens is 3. The molecule has 3 N–H and O–H groups in total. The molecule has 0 radical (unpaired) electrons. The van der Waals surface area contributed by atoms with E-state index in [1.807, 2.05) is 6.07 Å². The van der Waals surface area contributed by atoms with Gasteiger partial charge in [0.05, 0.1) is 22.3 Å². The number of carbonyl (C=O) groups excluding carboxylic acids is 1. The minimum atomic E-state index is -4.58. The Morgan fingerprint density at radius 3 is 2.42 bits per heavy atom. The van der Waals surface area contributed by atoms with E-state index >= 15 is 4.39 Å². The maximum atomic E-state index is 15.0. The Hall–Kier alpha value is -4.98. The number of nitriles is 1. The van der Waals surface area contributed by atoms with Crippen LogP contribution in [0.4, 0.5) is 29.1 Å².